The van der Waals surface area contributed by atoms with Gasteiger partial charge in [-0.15, -0.1) is 0 Å². The molecule has 1 saturated heterocycles. The molecule has 7 nitrogen and oxygen atoms in total. The smallest absolute Gasteiger partial charge is 0.229 e. The van der Waals surface area contributed by atoms with Crippen LogP contribution in [0.4, 0.5) is 0 Å². The predicted molar refractivity (Wildman–Crippen MR) is 95.8 cm³/mol. The molecule has 1 aromatic heterocycles. The van der Waals surface area contributed by atoms with Crippen LogP contribution in [0.5, 0.6) is 0 Å². The average Bonchev–Trinajstić information content (AvgIpc) is 2.96. The molecular weight excluding hydrogens is 344 g/mol. The van der Waals surface area contributed by atoms with Crippen molar-refractivity contribution >= 4 is 31.1 Å². The van der Waals surface area contributed by atoms with Crippen LogP contribution in [-0.2, 0) is 20.6 Å². The number of β-lactam (4-membered cyclic amide) rings is 1. The first kappa shape index (κ1) is 19.1. The molecule has 0 spiro atoms. The molecule has 1 amide bonds. The van der Waals surface area contributed by atoms with Crippen LogP contribution in [0, 0.1) is 5.92 Å². The van der Waals surface area contributed by atoms with Crippen LogP contribution in [0.25, 0.3) is 0 Å². The summed E-state index contributed by atoms with van der Waals surface area (Å²) in [4.78, 5) is 27.7. The molecule has 134 valence electrons. The fourth-order valence-corrected chi connectivity index (χ4v) is 4.00. The van der Waals surface area contributed by atoms with Crippen LogP contribution in [0.1, 0.15) is 27.2 Å². The van der Waals surface area contributed by atoms with Gasteiger partial charge < -0.3 is 9.74 Å². The number of nitrogens with one attached hydrogen (secondary N) is 1. The van der Waals surface area contributed by atoms with Gasteiger partial charge in [-0.05, 0) is 18.1 Å². The lowest BCUT2D eigenvalue weighted by Gasteiger charge is -2.41. The van der Waals surface area contributed by atoms with E-state index in [-0.39, 0.29) is 27.4 Å². The van der Waals surface area contributed by atoms with Crippen molar-refractivity contribution in [1.82, 2.24) is 20.1 Å². The van der Waals surface area contributed by atoms with Crippen molar-refractivity contribution in [3.63, 3.8) is 0 Å². The number of aromatic nitrogens is 3. The van der Waals surface area contributed by atoms with Crippen molar-refractivity contribution in [3.05, 3.63) is 12.7 Å². The van der Waals surface area contributed by atoms with Gasteiger partial charge in [0.05, 0.1) is 17.8 Å². The van der Waals surface area contributed by atoms with Crippen LogP contribution in [-0.4, -0.2) is 46.1 Å². The fraction of sp³-hybridized carbons (Fsp3) is 0.733. The van der Waals surface area contributed by atoms with Gasteiger partial charge in [-0.25, -0.2) is 4.98 Å². The summed E-state index contributed by atoms with van der Waals surface area (Å²) in [6.45, 7) is 11.7. The van der Waals surface area contributed by atoms with E-state index in [0.717, 1.165) is 0 Å². The van der Waals surface area contributed by atoms with Crippen LogP contribution in [0.2, 0.25) is 18.1 Å². The fourth-order valence-electron chi connectivity index (χ4n) is 1.93. The third-order valence-corrected chi connectivity index (χ3v) is 10.4. The SMILES string of the molecule is CC(C)(C)[Si](C)(C)OC[C@H]1C(=O)N[C@@H]1SC(=O)CCn1cncn1. The molecule has 0 aromatic carbocycles. The van der Waals surface area contributed by atoms with E-state index in [1.54, 1.807) is 11.0 Å². The normalized spacial score (nSPS) is 21.3. The Balaban J connectivity index is 1.79. The molecular formula is C15H26N4O3SSi. The van der Waals surface area contributed by atoms with E-state index in [1.807, 2.05) is 0 Å². The molecule has 2 rings (SSSR count). The first-order valence-corrected chi connectivity index (χ1v) is 11.9. The number of hydrogen-bond donors (Lipinski definition) is 1. The molecule has 1 aliphatic rings. The number of hydrogen-bond acceptors (Lipinski definition) is 6. The van der Waals surface area contributed by atoms with Gasteiger partial charge in [0.1, 0.15) is 12.7 Å². The average molecular weight is 371 g/mol. The molecule has 1 fully saturated rings. The summed E-state index contributed by atoms with van der Waals surface area (Å²) < 4.78 is 7.75. The summed E-state index contributed by atoms with van der Waals surface area (Å²) >= 11 is 1.18. The maximum atomic E-state index is 12.1. The molecule has 2 heterocycles. The molecule has 0 radical (unpaired) electrons. The van der Waals surface area contributed by atoms with Crippen LogP contribution < -0.4 is 5.32 Å². The summed E-state index contributed by atoms with van der Waals surface area (Å²) in [5.41, 5.74) is 0. The first-order valence-electron chi connectivity index (χ1n) is 8.06. The van der Waals surface area contributed by atoms with Gasteiger partial charge in [0, 0.05) is 13.0 Å². The number of amides is 1. The molecule has 0 aliphatic carbocycles. The van der Waals surface area contributed by atoms with Crippen molar-refractivity contribution in [3.8, 4) is 0 Å². The summed E-state index contributed by atoms with van der Waals surface area (Å²) in [6.07, 6.45) is 3.38. The molecule has 1 N–H and O–H groups in total. The maximum absolute atomic E-state index is 12.1. The minimum absolute atomic E-state index is 0.0321. The molecule has 1 aromatic rings. The Morgan fingerprint density at radius 3 is 2.71 bits per heavy atom. The second kappa shape index (κ2) is 7.36. The third kappa shape index (κ3) is 4.67. The van der Waals surface area contributed by atoms with Gasteiger partial charge in [-0.3, -0.25) is 14.3 Å². The lowest BCUT2D eigenvalue weighted by Crippen LogP contribution is -2.59. The van der Waals surface area contributed by atoms with Crippen molar-refractivity contribution in [2.24, 2.45) is 5.92 Å². The van der Waals surface area contributed by atoms with E-state index in [2.05, 4.69) is 49.3 Å². The summed E-state index contributed by atoms with van der Waals surface area (Å²) in [5, 5.41) is 6.71. The predicted octanol–water partition coefficient (Wildman–Crippen LogP) is 2.02. The number of aryl methyl sites for hydroxylation is 1. The van der Waals surface area contributed by atoms with Gasteiger partial charge >= 0.3 is 0 Å². The molecule has 2 atom stereocenters. The van der Waals surface area contributed by atoms with E-state index >= 15 is 0 Å². The minimum Gasteiger partial charge on any atom is -0.416 e. The van der Waals surface area contributed by atoms with Crippen molar-refractivity contribution in [1.29, 1.82) is 0 Å². The van der Waals surface area contributed by atoms with Crippen molar-refractivity contribution in [2.75, 3.05) is 6.61 Å². The largest absolute Gasteiger partial charge is 0.416 e. The quantitative estimate of drug-likeness (QED) is 0.584. The number of thioether (sulfide) groups is 1. The maximum Gasteiger partial charge on any atom is 0.229 e. The molecule has 1 aliphatic heterocycles. The van der Waals surface area contributed by atoms with E-state index in [4.69, 9.17) is 4.43 Å². The third-order valence-electron chi connectivity index (χ3n) is 4.69. The van der Waals surface area contributed by atoms with Crippen molar-refractivity contribution < 1.29 is 14.0 Å². The highest BCUT2D eigenvalue weighted by Gasteiger charge is 2.44. The molecule has 0 unspecified atom stereocenters. The highest BCUT2D eigenvalue weighted by atomic mass is 32.2. The van der Waals surface area contributed by atoms with E-state index in [1.165, 1.54) is 18.1 Å². The number of rotatable bonds is 7. The van der Waals surface area contributed by atoms with Gasteiger partial charge in [-0.2, -0.15) is 5.10 Å². The molecule has 0 saturated carbocycles. The zero-order valence-corrected chi connectivity index (χ0v) is 16.7. The van der Waals surface area contributed by atoms with E-state index in [0.29, 0.717) is 19.6 Å². The summed E-state index contributed by atoms with van der Waals surface area (Å²) in [5.74, 6) is -0.283. The van der Waals surface area contributed by atoms with Gasteiger partial charge in [0.15, 0.2) is 13.4 Å². The monoisotopic (exact) mass is 370 g/mol. The van der Waals surface area contributed by atoms with Crippen molar-refractivity contribution in [2.45, 2.75) is 57.2 Å². The Kier molecular flexibility index (Phi) is 5.87. The van der Waals surface area contributed by atoms with Crippen LogP contribution in [0.3, 0.4) is 0 Å². The molecule has 24 heavy (non-hydrogen) atoms. The topological polar surface area (TPSA) is 86.1 Å². The van der Waals surface area contributed by atoms with Gasteiger partial charge in [-0.1, -0.05) is 32.5 Å². The second-order valence-electron chi connectivity index (χ2n) is 7.51. The Hall–Kier alpha value is -1.19. The van der Waals surface area contributed by atoms with E-state index < -0.39 is 8.32 Å². The van der Waals surface area contributed by atoms with Gasteiger partial charge in [0.2, 0.25) is 5.91 Å². The number of nitrogens with zero attached hydrogens (tertiary/aromatic N) is 3. The standard InChI is InChI=1S/C15H26N4O3SSi/c1-15(2,3)24(4,5)22-8-11-13(21)18-14(11)23-12(20)6-7-19-10-16-9-17-19/h9-11,14H,6-8H2,1-5H3,(H,18,21)/t11-,14+/m0/s1. The zero-order valence-electron chi connectivity index (χ0n) is 14.9. The van der Waals surface area contributed by atoms with Gasteiger partial charge in [0.25, 0.3) is 0 Å². The zero-order chi connectivity index (χ0) is 18.0. The first-order chi connectivity index (χ1) is 11.1. The van der Waals surface area contributed by atoms with Crippen LogP contribution >= 0.6 is 11.8 Å². The minimum atomic E-state index is -1.89. The number of carbonyl (C=O) groups excluding carboxylic acids is 2. The highest BCUT2D eigenvalue weighted by molar-refractivity contribution is 8.14. The highest BCUT2D eigenvalue weighted by Crippen LogP contribution is 2.38. The summed E-state index contributed by atoms with van der Waals surface area (Å²) in [7, 11) is -1.89. The van der Waals surface area contributed by atoms with Crippen LogP contribution in [0.15, 0.2) is 12.7 Å². The Morgan fingerprint density at radius 1 is 1.46 bits per heavy atom. The Bertz CT molecular complexity index is 586. The lowest BCUT2D eigenvalue weighted by atomic mass is 10.0. The lowest BCUT2D eigenvalue weighted by molar-refractivity contribution is -0.133. The molecule has 0 bridgehead atoms. The second-order valence-corrected chi connectivity index (χ2v) is 13.5. The van der Waals surface area contributed by atoms with E-state index in [9.17, 15) is 9.59 Å². The number of carbonyl (C=O) groups is 2. The summed E-state index contributed by atoms with van der Waals surface area (Å²) in [6, 6.07) is 0. The Labute approximate surface area is 148 Å². The molecule has 9 heteroatoms. The Morgan fingerprint density at radius 2 is 2.17 bits per heavy atom.